The summed E-state index contributed by atoms with van der Waals surface area (Å²) in [7, 11) is 0. The van der Waals surface area contributed by atoms with E-state index in [2.05, 4.69) is 18.2 Å². The van der Waals surface area contributed by atoms with Crippen LogP contribution in [0.25, 0.3) is 0 Å². The highest BCUT2D eigenvalue weighted by Gasteiger charge is 2.38. The van der Waals surface area contributed by atoms with Crippen molar-refractivity contribution in [3.63, 3.8) is 0 Å². The van der Waals surface area contributed by atoms with Crippen LogP contribution < -0.4 is 0 Å². The molecule has 1 N–H and O–H groups in total. The lowest BCUT2D eigenvalue weighted by atomic mass is 9.73. The van der Waals surface area contributed by atoms with Gasteiger partial charge in [-0.2, -0.15) is 0 Å². The second-order valence-electron chi connectivity index (χ2n) is 7.31. The lowest BCUT2D eigenvalue weighted by molar-refractivity contribution is 0.0964. The smallest absolute Gasteiger partial charge is 0.168 e. The van der Waals surface area contributed by atoms with Crippen LogP contribution >= 0.6 is 0 Å². The number of Topliss-reactive ketones (excluding diaryl/α,β-unsaturated/α-hetero) is 1. The van der Waals surface area contributed by atoms with Gasteiger partial charge in [0, 0.05) is 5.56 Å². The summed E-state index contributed by atoms with van der Waals surface area (Å²) in [5, 5.41) is 9.88. The fourth-order valence-corrected chi connectivity index (χ4v) is 4.14. The normalized spacial score (nSPS) is 25.3. The van der Waals surface area contributed by atoms with Gasteiger partial charge in [0.2, 0.25) is 0 Å². The van der Waals surface area contributed by atoms with E-state index in [9.17, 15) is 9.90 Å². The van der Waals surface area contributed by atoms with Gasteiger partial charge in [0.1, 0.15) is 0 Å². The zero-order valence-corrected chi connectivity index (χ0v) is 14.3. The number of aliphatic hydroxyl groups is 1. The Morgan fingerprint density at radius 3 is 2.48 bits per heavy atom. The maximum Gasteiger partial charge on any atom is 0.168 e. The molecule has 1 heterocycles. The molecule has 2 aliphatic rings. The maximum absolute atomic E-state index is 12.7. The molecule has 0 unspecified atom stereocenters. The van der Waals surface area contributed by atoms with Gasteiger partial charge in [0.05, 0.1) is 23.8 Å². The van der Waals surface area contributed by atoms with E-state index < -0.39 is 0 Å². The second kappa shape index (κ2) is 6.57. The van der Waals surface area contributed by atoms with Crippen LogP contribution in [0.4, 0.5) is 0 Å². The van der Waals surface area contributed by atoms with E-state index in [4.69, 9.17) is 4.99 Å². The van der Waals surface area contributed by atoms with Crippen molar-refractivity contribution in [2.75, 3.05) is 0 Å². The van der Waals surface area contributed by atoms with E-state index in [1.165, 1.54) is 5.56 Å². The molecule has 1 aliphatic carbocycles. The van der Waals surface area contributed by atoms with E-state index >= 15 is 0 Å². The van der Waals surface area contributed by atoms with Crippen LogP contribution in [0.5, 0.6) is 0 Å². The Balaban J connectivity index is 1.67. The van der Waals surface area contributed by atoms with E-state index in [-0.39, 0.29) is 17.4 Å². The Bertz CT molecular complexity index is 802. The summed E-state index contributed by atoms with van der Waals surface area (Å²) < 4.78 is 0. The Morgan fingerprint density at radius 2 is 1.72 bits per heavy atom. The first-order valence-electron chi connectivity index (χ1n) is 9.09. The molecule has 1 spiro atoms. The summed E-state index contributed by atoms with van der Waals surface area (Å²) in [4.78, 5) is 17.8. The molecule has 1 saturated carbocycles. The number of aliphatic imine (C=N–C) groups is 1. The topological polar surface area (TPSA) is 49.7 Å². The molecule has 1 aliphatic heterocycles. The van der Waals surface area contributed by atoms with E-state index in [0.717, 1.165) is 48.9 Å². The Morgan fingerprint density at radius 1 is 1.04 bits per heavy atom. The zero-order chi connectivity index (χ0) is 17.3. The summed E-state index contributed by atoms with van der Waals surface area (Å²) >= 11 is 0. The van der Waals surface area contributed by atoms with Gasteiger partial charge in [-0.3, -0.25) is 9.79 Å². The molecular formula is C22H23NO2. The lowest BCUT2D eigenvalue weighted by Gasteiger charge is -2.39. The summed E-state index contributed by atoms with van der Waals surface area (Å²) in [5.74, 6) is 0.113. The number of aliphatic hydroxyl groups excluding tert-OH is 1. The fraction of sp³-hybridized carbons (Fsp3) is 0.364. The van der Waals surface area contributed by atoms with Gasteiger partial charge in [0.25, 0.3) is 0 Å². The Kier molecular flexibility index (Phi) is 4.26. The minimum Gasteiger partial charge on any atom is -0.393 e. The molecule has 128 valence electrons. The number of rotatable bonds is 3. The summed E-state index contributed by atoms with van der Waals surface area (Å²) in [6.45, 7) is 0. The average Bonchev–Trinajstić information content (AvgIpc) is 2.65. The monoisotopic (exact) mass is 333 g/mol. The van der Waals surface area contributed by atoms with Crippen molar-refractivity contribution in [2.24, 2.45) is 4.99 Å². The molecule has 1 fully saturated rings. The molecule has 0 atom stereocenters. The predicted molar refractivity (Wildman–Crippen MR) is 99.3 cm³/mol. The SMILES string of the molecule is O=C(CC1=NC2(CCC(O)CC2)Cc2ccccc21)c1ccccc1. The summed E-state index contributed by atoms with van der Waals surface area (Å²) in [6.07, 6.45) is 4.44. The number of hydrogen-bond donors (Lipinski definition) is 1. The fourth-order valence-electron chi connectivity index (χ4n) is 4.14. The molecule has 0 bridgehead atoms. The van der Waals surface area contributed by atoms with Gasteiger partial charge in [-0.1, -0.05) is 54.6 Å². The van der Waals surface area contributed by atoms with Crippen LogP contribution in [0.1, 0.15) is 53.6 Å². The van der Waals surface area contributed by atoms with Gasteiger partial charge >= 0.3 is 0 Å². The average molecular weight is 333 g/mol. The number of fused-ring (bicyclic) bond motifs is 1. The highest BCUT2D eigenvalue weighted by Crippen LogP contribution is 2.39. The maximum atomic E-state index is 12.7. The minimum absolute atomic E-state index is 0.113. The third-order valence-corrected chi connectivity index (χ3v) is 5.53. The Hall–Kier alpha value is -2.26. The van der Waals surface area contributed by atoms with E-state index in [0.29, 0.717) is 6.42 Å². The first kappa shape index (κ1) is 16.2. The van der Waals surface area contributed by atoms with Crippen LogP contribution in [-0.4, -0.2) is 28.2 Å². The second-order valence-corrected chi connectivity index (χ2v) is 7.31. The van der Waals surface area contributed by atoms with Crippen LogP contribution in [-0.2, 0) is 6.42 Å². The molecule has 3 nitrogen and oxygen atoms in total. The van der Waals surface area contributed by atoms with E-state index in [1.807, 2.05) is 36.4 Å². The Labute approximate surface area is 148 Å². The van der Waals surface area contributed by atoms with Crippen molar-refractivity contribution in [3.05, 3.63) is 71.3 Å². The van der Waals surface area contributed by atoms with Crippen molar-refractivity contribution >= 4 is 11.5 Å². The third-order valence-electron chi connectivity index (χ3n) is 5.53. The van der Waals surface area contributed by atoms with Crippen LogP contribution in [0.3, 0.4) is 0 Å². The molecule has 3 heteroatoms. The molecule has 0 radical (unpaired) electrons. The first-order chi connectivity index (χ1) is 12.2. The lowest BCUT2D eigenvalue weighted by Crippen LogP contribution is -2.40. The highest BCUT2D eigenvalue weighted by molar-refractivity contribution is 6.16. The summed E-state index contributed by atoms with van der Waals surface area (Å²) in [5.41, 5.74) is 3.90. The van der Waals surface area contributed by atoms with Crippen LogP contribution in [0.15, 0.2) is 59.6 Å². The van der Waals surface area contributed by atoms with Gasteiger partial charge in [-0.15, -0.1) is 0 Å². The number of ketones is 1. The molecule has 2 aromatic carbocycles. The predicted octanol–water partition coefficient (Wildman–Crippen LogP) is 3.98. The van der Waals surface area contributed by atoms with Gasteiger partial charge < -0.3 is 5.11 Å². The van der Waals surface area contributed by atoms with Crippen LogP contribution in [0.2, 0.25) is 0 Å². The van der Waals surface area contributed by atoms with Crippen LogP contribution in [0, 0.1) is 0 Å². The van der Waals surface area contributed by atoms with Crippen molar-refractivity contribution in [2.45, 2.75) is 50.2 Å². The zero-order valence-electron chi connectivity index (χ0n) is 14.3. The van der Waals surface area contributed by atoms with Crippen molar-refractivity contribution in [1.82, 2.24) is 0 Å². The molecule has 0 amide bonds. The molecule has 0 aromatic heterocycles. The van der Waals surface area contributed by atoms with Gasteiger partial charge in [-0.25, -0.2) is 0 Å². The molecule has 0 saturated heterocycles. The first-order valence-corrected chi connectivity index (χ1v) is 9.09. The largest absolute Gasteiger partial charge is 0.393 e. The van der Waals surface area contributed by atoms with Crippen molar-refractivity contribution < 1.29 is 9.90 Å². The van der Waals surface area contributed by atoms with E-state index in [1.54, 1.807) is 0 Å². The highest BCUT2D eigenvalue weighted by atomic mass is 16.3. The number of carbonyl (C=O) groups excluding carboxylic acids is 1. The molecule has 4 rings (SSSR count). The number of hydrogen-bond acceptors (Lipinski definition) is 3. The van der Waals surface area contributed by atoms with Gasteiger partial charge in [0.15, 0.2) is 5.78 Å². The number of benzene rings is 2. The minimum atomic E-state index is -0.201. The van der Waals surface area contributed by atoms with Crippen molar-refractivity contribution in [1.29, 1.82) is 0 Å². The van der Waals surface area contributed by atoms with Crippen molar-refractivity contribution in [3.8, 4) is 0 Å². The molecule has 25 heavy (non-hydrogen) atoms. The standard InChI is InChI=1S/C22H23NO2/c24-18-10-12-22(13-11-18)15-17-8-4-5-9-19(17)20(23-22)14-21(25)16-6-2-1-3-7-16/h1-9,18,24H,10-15H2. The number of carbonyl (C=O) groups is 1. The van der Waals surface area contributed by atoms with Gasteiger partial charge in [-0.05, 0) is 43.2 Å². The third kappa shape index (κ3) is 3.29. The summed E-state index contributed by atoms with van der Waals surface area (Å²) in [6, 6.07) is 17.8. The quantitative estimate of drug-likeness (QED) is 0.864. The molecule has 2 aromatic rings. The number of nitrogens with zero attached hydrogens (tertiary/aromatic N) is 1. The molecular weight excluding hydrogens is 310 g/mol.